The van der Waals surface area contributed by atoms with Gasteiger partial charge < -0.3 is 4.74 Å². The number of carbonyl (C=O) groups is 1. The zero-order valence-corrected chi connectivity index (χ0v) is 14.5. The highest BCUT2D eigenvalue weighted by Crippen LogP contribution is 2.26. The number of hydrogen-bond donors (Lipinski definition) is 0. The van der Waals surface area contributed by atoms with Gasteiger partial charge in [0.25, 0.3) is 5.24 Å². The van der Waals surface area contributed by atoms with Crippen LogP contribution in [0.15, 0.2) is 84.9 Å². The fourth-order valence-electron chi connectivity index (χ4n) is 2.73. The van der Waals surface area contributed by atoms with Crippen molar-refractivity contribution >= 4 is 16.8 Å². The Labute approximate surface area is 153 Å². The molecule has 1 unspecified atom stereocenters. The van der Waals surface area contributed by atoms with Crippen molar-refractivity contribution in [2.24, 2.45) is 0 Å². The average Bonchev–Trinajstić information content (AvgIpc) is 2.67. The lowest BCUT2D eigenvalue weighted by molar-refractivity contribution is 0.108. The Bertz CT molecular complexity index is 798. The van der Waals surface area contributed by atoms with Crippen LogP contribution in [0.5, 0.6) is 5.75 Å². The Morgan fingerprint density at radius 1 is 0.840 bits per heavy atom. The van der Waals surface area contributed by atoms with Crippen molar-refractivity contribution in [2.75, 3.05) is 0 Å². The van der Waals surface area contributed by atoms with Crippen LogP contribution in [-0.4, -0.2) is 5.24 Å². The third-order valence-electron chi connectivity index (χ3n) is 4.07. The second-order valence-corrected chi connectivity index (χ2v) is 6.18. The lowest BCUT2D eigenvalue weighted by atomic mass is 10.0. The molecule has 2 nitrogen and oxygen atoms in total. The molecule has 0 bridgehead atoms. The molecule has 0 amide bonds. The number of aryl methyl sites for hydroxylation is 1. The molecule has 3 heteroatoms. The largest absolute Gasteiger partial charge is 0.486 e. The van der Waals surface area contributed by atoms with Crippen LogP contribution in [0.1, 0.15) is 34.0 Å². The van der Waals surface area contributed by atoms with E-state index < -0.39 is 5.24 Å². The molecule has 0 N–H and O–H groups in total. The summed E-state index contributed by atoms with van der Waals surface area (Å²) < 4.78 is 6.20. The van der Waals surface area contributed by atoms with Crippen LogP contribution in [-0.2, 0) is 6.42 Å². The fraction of sp³-hybridized carbons (Fsp3) is 0.136. The third-order valence-corrected chi connectivity index (χ3v) is 4.29. The van der Waals surface area contributed by atoms with Gasteiger partial charge in [0.15, 0.2) is 0 Å². The molecule has 0 aliphatic rings. The summed E-state index contributed by atoms with van der Waals surface area (Å²) in [7, 11) is 0. The maximum Gasteiger partial charge on any atom is 0.252 e. The first-order valence-electron chi connectivity index (χ1n) is 8.28. The van der Waals surface area contributed by atoms with Crippen LogP contribution in [0.4, 0.5) is 0 Å². The quantitative estimate of drug-likeness (QED) is 0.502. The van der Waals surface area contributed by atoms with E-state index in [1.165, 1.54) is 5.56 Å². The summed E-state index contributed by atoms with van der Waals surface area (Å²) in [6, 6.07) is 27.5. The maximum absolute atomic E-state index is 11.2. The molecule has 126 valence electrons. The van der Waals surface area contributed by atoms with Gasteiger partial charge in [-0.25, -0.2) is 0 Å². The molecule has 0 aliphatic carbocycles. The first-order chi connectivity index (χ1) is 12.2. The van der Waals surface area contributed by atoms with Crippen LogP contribution in [0.25, 0.3) is 0 Å². The summed E-state index contributed by atoms with van der Waals surface area (Å²) in [4.78, 5) is 11.2. The Kier molecular flexibility index (Phi) is 5.86. The lowest BCUT2D eigenvalue weighted by Gasteiger charge is -2.20. The summed E-state index contributed by atoms with van der Waals surface area (Å²) in [5.74, 6) is 0.726. The summed E-state index contributed by atoms with van der Waals surface area (Å²) in [6.07, 6.45) is 1.74. The molecule has 3 aromatic carbocycles. The second kappa shape index (κ2) is 8.50. The minimum absolute atomic E-state index is 0.0565. The number of carbonyl (C=O) groups excluding carboxylic acids is 1. The van der Waals surface area contributed by atoms with Crippen molar-refractivity contribution in [3.05, 3.63) is 102 Å². The van der Waals surface area contributed by atoms with Crippen molar-refractivity contribution in [1.82, 2.24) is 0 Å². The number of hydrogen-bond acceptors (Lipinski definition) is 2. The Balaban J connectivity index is 1.75. The zero-order valence-electron chi connectivity index (χ0n) is 13.8. The third kappa shape index (κ3) is 4.94. The van der Waals surface area contributed by atoms with Crippen molar-refractivity contribution in [3.8, 4) is 5.75 Å². The molecule has 0 aromatic heterocycles. The highest BCUT2D eigenvalue weighted by Gasteiger charge is 2.14. The molecule has 0 aliphatic heterocycles. The smallest absolute Gasteiger partial charge is 0.252 e. The van der Waals surface area contributed by atoms with E-state index in [1.54, 1.807) is 24.3 Å². The molecule has 3 rings (SSSR count). The predicted octanol–water partition coefficient (Wildman–Crippen LogP) is 5.82. The molecular weight excluding hydrogens is 332 g/mol. The Morgan fingerprint density at radius 2 is 1.44 bits per heavy atom. The van der Waals surface area contributed by atoms with Gasteiger partial charge in [0, 0.05) is 5.56 Å². The van der Waals surface area contributed by atoms with Gasteiger partial charge >= 0.3 is 0 Å². The molecule has 0 heterocycles. The Hall–Kier alpha value is -2.58. The van der Waals surface area contributed by atoms with Gasteiger partial charge in [-0.15, -0.1) is 0 Å². The van der Waals surface area contributed by atoms with E-state index in [4.69, 9.17) is 16.3 Å². The van der Waals surface area contributed by atoms with Gasteiger partial charge in [0.05, 0.1) is 0 Å². The highest BCUT2D eigenvalue weighted by atomic mass is 35.5. The Morgan fingerprint density at radius 3 is 2.04 bits per heavy atom. The van der Waals surface area contributed by atoms with Gasteiger partial charge in [-0.05, 0) is 59.8 Å². The number of ether oxygens (including phenoxy) is 1. The van der Waals surface area contributed by atoms with E-state index in [9.17, 15) is 4.79 Å². The molecule has 0 radical (unpaired) electrons. The topological polar surface area (TPSA) is 26.3 Å². The van der Waals surface area contributed by atoms with E-state index in [1.807, 2.05) is 24.3 Å². The standard InChI is InChI=1S/C22H19ClO2/c23-22(24)19-12-14-20(15-13-19)25-21(18-9-5-2-6-10-18)16-11-17-7-3-1-4-8-17/h1-10,12-15,21H,11,16H2. The SMILES string of the molecule is O=C(Cl)c1ccc(OC(CCc2ccccc2)c2ccccc2)cc1. The van der Waals surface area contributed by atoms with Crippen molar-refractivity contribution in [1.29, 1.82) is 0 Å². The van der Waals surface area contributed by atoms with E-state index >= 15 is 0 Å². The molecule has 25 heavy (non-hydrogen) atoms. The van der Waals surface area contributed by atoms with Gasteiger partial charge in [-0.1, -0.05) is 60.7 Å². The summed E-state index contributed by atoms with van der Waals surface area (Å²) in [5.41, 5.74) is 2.89. The van der Waals surface area contributed by atoms with Crippen LogP contribution in [0.2, 0.25) is 0 Å². The highest BCUT2D eigenvalue weighted by molar-refractivity contribution is 6.67. The van der Waals surface area contributed by atoms with Crippen LogP contribution < -0.4 is 4.74 Å². The van der Waals surface area contributed by atoms with E-state index in [2.05, 4.69) is 36.4 Å². The fourth-order valence-corrected chi connectivity index (χ4v) is 2.86. The summed E-state index contributed by atoms with van der Waals surface area (Å²) >= 11 is 5.49. The minimum Gasteiger partial charge on any atom is -0.486 e. The molecule has 0 fully saturated rings. The number of halogens is 1. The predicted molar refractivity (Wildman–Crippen MR) is 101 cm³/mol. The van der Waals surface area contributed by atoms with E-state index in [0.717, 1.165) is 24.2 Å². The monoisotopic (exact) mass is 350 g/mol. The molecule has 0 saturated carbocycles. The van der Waals surface area contributed by atoms with E-state index in [-0.39, 0.29) is 6.10 Å². The van der Waals surface area contributed by atoms with Gasteiger partial charge in [0.1, 0.15) is 11.9 Å². The first kappa shape index (κ1) is 17.2. The number of benzene rings is 3. The second-order valence-electron chi connectivity index (χ2n) is 5.84. The normalized spacial score (nSPS) is 11.7. The summed E-state index contributed by atoms with van der Waals surface area (Å²) in [6.45, 7) is 0. The first-order valence-corrected chi connectivity index (χ1v) is 8.65. The van der Waals surface area contributed by atoms with Crippen LogP contribution in [0.3, 0.4) is 0 Å². The zero-order chi connectivity index (χ0) is 17.5. The molecule has 3 aromatic rings. The van der Waals surface area contributed by atoms with Gasteiger partial charge in [-0.3, -0.25) is 4.79 Å². The number of rotatable bonds is 7. The molecule has 0 spiro atoms. The van der Waals surface area contributed by atoms with Crippen molar-refractivity contribution < 1.29 is 9.53 Å². The lowest BCUT2D eigenvalue weighted by Crippen LogP contribution is -2.09. The summed E-state index contributed by atoms with van der Waals surface area (Å²) in [5, 5.41) is -0.463. The average molecular weight is 351 g/mol. The maximum atomic E-state index is 11.2. The van der Waals surface area contributed by atoms with Crippen LogP contribution >= 0.6 is 11.6 Å². The van der Waals surface area contributed by atoms with Crippen molar-refractivity contribution in [3.63, 3.8) is 0 Å². The molecule has 0 saturated heterocycles. The molecule has 1 atom stereocenters. The molecular formula is C22H19ClO2. The van der Waals surface area contributed by atoms with Crippen LogP contribution in [0, 0.1) is 0 Å². The minimum atomic E-state index is -0.463. The van der Waals surface area contributed by atoms with E-state index in [0.29, 0.717) is 5.56 Å². The van der Waals surface area contributed by atoms with Gasteiger partial charge in [0.2, 0.25) is 0 Å². The van der Waals surface area contributed by atoms with Gasteiger partial charge in [-0.2, -0.15) is 0 Å². The van der Waals surface area contributed by atoms with Crippen molar-refractivity contribution in [2.45, 2.75) is 18.9 Å².